The molecular formula is C13H14BrNO2. The molecule has 0 aromatic heterocycles. The topological polar surface area (TPSA) is 40.5 Å². The fourth-order valence-corrected chi connectivity index (χ4v) is 2.97. The summed E-state index contributed by atoms with van der Waals surface area (Å²) in [6.45, 7) is 0.709. The van der Waals surface area contributed by atoms with Crippen LogP contribution in [0.3, 0.4) is 0 Å². The molecule has 1 saturated carbocycles. The third-order valence-corrected chi connectivity index (χ3v) is 4.15. The van der Waals surface area contributed by atoms with Gasteiger partial charge in [0.05, 0.1) is 12.6 Å². The van der Waals surface area contributed by atoms with E-state index in [1.165, 1.54) is 0 Å². The van der Waals surface area contributed by atoms with E-state index in [0.29, 0.717) is 12.5 Å². The number of carbonyl (C=O) groups is 1. The number of hydrogen-bond donors (Lipinski definition) is 1. The zero-order valence-electron chi connectivity index (χ0n) is 9.40. The third-order valence-electron chi connectivity index (χ3n) is 3.65. The SMILES string of the molecule is O=C1c2ccc(Br)cc2CN1C(CO)C1CC1. The number of aliphatic hydroxyl groups is 1. The van der Waals surface area contributed by atoms with Crippen LogP contribution in [0.5, 0.6) is 0 Å². The molecule has 90 valence electrons. The Bertz CT molecular complexity index is 470. The normalized spacial score (nSPS) is 20.6. The van der Waals surface area contributed by atoms with Crippen molar-refractivity contribution >= 4 is 21.8 Å². The highest BCUT2D eigenvalue weighted by atomic mass is 79.9. The summed E-state index contributed by atoms with van der Waals surface area (Å²) in [5, 5.41) is 9.45. The van der Waals surface area contributed by atoms with E-state index < -0.39 is 0 Å². The third kappa shape index (κ3) is 1.89. The van der Waals surface area contributed by atoms with Crippen molar-refractivity contribution in [3.8, 4) is 0 Å². The van der Waals surface area contributed by atoms with E-state index >= 15 is 0 Å². The Morgan fingerprint density at radius 3 is 2.88 bits per heavy atom. The Hall–Kier alpha value is -0.870. The number of amides is 1. The monoisotopic (exact) mass is 295 g/mol. The number of hydrogen-bond acceptors (Lipinski definition) is 2. The molecule has 0 saturated heterocycles. The Morgan fingerprint density at radius 1 is 1.47 bits per heavy atom. The Kier molecular flexibility index (Phi) is 2.71. The highest BCUT2D eigenvalue weighted by Crippen LogP contribution is 2.38. The van der Waals surface area contributed by atoms with Crippen molar-refractivity contribution < 1.29 is 9.90 Å². The van der Waals surface area contributed by atoms with E-state index in [2.05, 4.69) is 15.9 Å². The van der Waals surface area contributed by atoms with Crippen LogP contribution < -0.4 is 0 Å². The van der Waals surface area contributed by atoms with E-state index in [4.69, 9.17) is 0 Å². The number of fused-ring (bicyclic) bond motifs is 1. The Labute approximate surface area is 109 Å². The van der Waals surface area contributed by atoms with Gasteiger partial charge in [0.25, 0.3) is 5.91 Å². The molecule has 1 fully saturated rings. The van der Waals surface area contributed by atoms with Gasteiger partial charge in [0.2, 0.25) is 0 Å². The van der Waals surface area contributed by atoms with Crippen LogP contribution in [0.2, 0.25) is 0 Å². The van der Waals surface area contributed by atoms with Gasteiger partial charge in [0.15, 0.2) is 0 Å². The first-order valence-electron chi connectivity index (χ1n) is 5.91. The molecule has 4 heteroatoms. The van der Waals surface area contributed by atoms with Crippen LogP contribution >= 0.6 is 15.9 Å². The number of nitrogens with zero attached hydrogens (tertiary/aromatic N) is 1. The minimum absolute atomic E-state index is 0.00803. The molecule has 2 aliphatic rings. The minimum atomic E-state index is 0.00803. The highest BCUT2D eigenvalue weighted by Gasteiger charge is 2.40. The smallest absolute Gasteiger partial charge is 0.254 e. The van der Waals surface area contributed by atoms with Gasteiger partial charge in [-0.25, -0.2) is 0 Å². The molecule has 3 nitrogen and oxygen atoms in total. The molecule has 1 N–H and O–H groups in total. The van der Waals surface area contributed by atoms with Crippen LogP contribution in [0.4, 0.5) is 0 Å². The van der Waals surface area contributed by atoms with Gasteiger partial charge in [-0.1, -0.05) is 15.9 Å². The molecule has 17 heavy (non-hydrogen) atoms. The van der Waals surface area contributed by atoms with Crippen LogP contribution in [-0.2, 0) is 6.54 Å². The number of rotatable bonds is 3. The van der Waals surface area contributed by atoms with Gasteiger partial charge in [-0.15, -0.1) is 0 Å². The predicted octanol–water partition coefficient (Wildman–Crippen LogP) is 2.18. The zero-order valence-corrected chi connectivity index (χ0v) is 11.0. The summed E-state index contributed by atoms with van der Waals surface area (Å²) in [6.07, 6.45) is 2.27. The summed E-state index contributed by atoms with van der Waals surface area (Å²) in [5.74, 6) is 0.570. The molecule has 1 unspecified atom stereocenters. The van der Waals surface area contributed by atoms with E-state index in [-0.39, 0.29) is 18.6 Å². The largest absolute Gasteiger partial charge is 0.394 e. The lowest BCUT2D eigenvalue weighted by Gasteiger charge is -2.25. The van der Waals surface area contributed by atoms with Gasteiger partial charge in [0.1, 0.15) is 0 Å². The van der Waals surface area contributed by atoms with Crippen LogP contribution in [0, 0.1) is 5.92 Å². The lowest BCUT2D eigenvalue weighted by molar-refractivity contribution is 0.0580. The number of aliphatic hydroxyl groups excluding tert-OH is 1. The molecule has 1 aliphatic heterocycles. The van der Waals surface area contributed by atoms with Crippen molar-refractivity contribution in [1.82, 2.24) is 4.90 Å². The number of benzene rings is 1. The summed E-state index contributed by atoms with van der Waals surface area (Å²) in [6, 6.07) is 5.76. The van der Waals surface area contributed by atoms with Gasteiger partial charge in [-0.3, -0.25) is 4.79 Å². The van der Waals surface area contributed by atoms with E-state index in [0.717, 1.165) is 28.4 Å². The van der Waals surface area contributed by atoms with Gasteiger partial charge in [0, 0.05) is 16.6 Å². The second-order valence-electron chi connectivity index (χ2n) is 4.82. The molecular weight excluding hydrogens is 282 g/mol. The second kappa shape index (κ2) is 4.10. The molecule has 0 bridgehead atoms. The summed E-state index contributed by atoms with van der Waals surface area (Å²) < 4.78 is 0.998. The average Bonchev–Trinajstić information content (AvgIpc) is 3.08. The number of carbonyl (C=O) groups excluding carboxylic acids is 1. The molecule has 1 amide bonds. The summed E-state index contributed by atoms with van der Waals surface area (Å²) in [7, 11) is 0. The molecule has 3 rings (SSSR count). The summed E-state index contributed by atoms with van der Waals surface area (Å²) in [5.41, 5.74) is 1.84. The van der Waals surface area contributed by atoms with Crippen LogP contribution in [-0.4, -0.2) is 28.6 Å². The fourth-order valence-electron chi connectivity index (χ4n) is 2.56. The van der Waals surface area contributed by atoms with Crippen LogP contribution in [0.1, 0.15) is 28.8 Å². The van der Waals surface area contributed by atoms with Crippen molar-refractivity contribution in [2.75, 3.05) is 6.61 Å². The number of halogens is 1. The standard InChI is InChI=1S/C13H14BrNO2/c14-10-3-4-11-9(5-10)6-15(13(11)17)12(7-16)8-1-2-8/h3-5,8,12,16H,1-2,6-7H2. The molecule has 1 aromatic carbocycles. The van der Waals surface area contributed by atoms with Crippen molar-refractivity contribution in [2.45, 2.75) is 25.4 Å². The Morgan fingerprint density at radius 2 is 2.24 bits per heavy atom. The predicted molar refractivity (Wildman–Crippen MR) is 67.6 cm³/mol. The summed E-state index contributed by atoms with van der Waals surface area (Å²) in [4.78, 5) is 14.1. The van der Waals surface area contributed by atoms with E-state index in [1.807, 2.05) is 23.1 Å². The average molecular weight is 296 g/mol. The van der Waals surface area contributed by atoms with Crippen molar-refractivity contribution in [1.29, 1.82) is 0 Å². The molecule has 0 spiro atoms. The first-order valence-corrected chi connectivity index (χ1v) is 6.70. The van der Waals surface area contributed by atoms with Crippen molar-refractivity contribution in [3.63, 3.8) is 0 Å². The molecule has 0 radical (unpaired) electrons. The quantitative estimate of drug-likeness (QED) is 0.928. The first kappa shape index (κ1) is 11.2. The van der Waals surface area contributed by atoms with Gasteiger partial charge < -0.3 is 10.0 Å². The maximum atomic E-state index is 12.2. The molecule has 1 heterocycles. The highest BCUT2D eigenvalue weighted by molar-refractivity contribution is 9.10. The van der Waals surface area contributed by atoms with Crippen molar-refractivity contribution in [3.05, 3.63) is 33.8 Å². The van der Waals surface area contributed by atoms with E-state index in [9.17, 15) is 9.90 Å². The van der Waals surface area contributed by atoms with Crippen molar-refractivity contribution in [2.24, 2.45) is 5.92 Å². The van der Waals surface area contributed by atoms with Gasteiger partial charge >= 0.3 is 0 Å². The van der Waals surface area contributed by atoms with Crippen LogP contribution in [0.15, 0.2) is 22.7 Å². The minimum Gasteiger partial charge on any atom is -0.394 e. The molecule has 1 aliphatic carbocycles. The Balaban J connectivity index is 1.89. The lowest BCUT2D eigenvalue weighted by Crippen LogP contribution is -2.39. The maximum absolute atomic E-state index is 12.2. The molecule has 1 atom stereocenters. The maximum Gasteiger partial charge on any atom is 0.254 e. The van der Waals surface area contributed by atoms with E-state index in [1.54, 1.807) is 0 Å². The zero-order chi connectivity index (χ0) is 12.0. The molecule has 1 aromatic rings. The van der Waals surface area contributed by atoms with Crippen LogP contribution in [0.25, 0.3) is 0 Å². The first-order chi connectivity index (χ1) is 8.20. The second-order valence-corrected chi connectivity index (χ2v) is 5.74. The fraction of sp³-hybridized carbons (Fsp3) is 0.462. The lowest BCUT2D eigenvalue weighted by atomic mass is 10.1. The van der Waals surface area contributed by atoms with Gasteiger partial charge in [-0.2, -0.15) is 0 Å². The van der Waals surface area contributed by atoms with Gasteiger partial charge in [-0.05, 0) is 42.5 Å². The summed E-state index contributed by atoms with van der Waals surface area (Å²) >= 11 is 3.42.